The molecule has 0 aliphatic heterocycles. The lowest BCUT2D eigenvalue weighted by Gasteiger charge is -2.08. The highest BCUT2D eigenvalue weighted by molar-refractivity contribution is 5.47. The van der Waals surface area contributed by atoms with Gasteiger partial charge in [-0.05, 0) is 18.6 Å². The van der Waals surface area contributed by atoms with Gasteiger partial charge in [0.1, 0.15) is 5.75 Å². The van der Waals surface area contributed by atoms with Gasteiger partial charge < -0.3 is 14.8 Å². The lowest BCUT2D eigenvalue weighted by Crippen LogP contribution is -2.09. The summed E-state index contributed by atoms with van der Waals surface area (Å²) in [5, 5.41) is 3.27. The zero-order valence-corrected chi connectivity index (χ0v) is 9.45. The smallest absolute Gasteiger partial charge is 0.120 e. The van der Waals surface area contributed by atoms with Crippen LogP contribution in [0.15, 0.2) is 24.3 Å². The predicted molar refractivity (Wildman–Crippen MR) is 62.6 cm³/mol. The molecule has 1 aromatic carbocycles. The summed E-state index contributed by atoms with van der Waals surface area (Å²) in [4.78, 5) is 0. The van der Waals surface area contributed by atoms with Gasteiger partial charge in [-0.3, -0.25) is 0 Å². The summed E-state index contributed by atoms with van der Waals surface area (Å²) in [5.74, 6) is 0.870. The van der Waals surface area contributed by atoms with Crippen LogP contribution in [-0.2, 0) is 4.74 Å². The van der Waals surface area contributed by atoms with Crippen LogP contribution in [0.2, 0.25) is 0 Å². The third kappa shape index (κ3) is 4.70. The summed E-state index contributed by atoms with van der Waals surface area (Å²) < 4.78 is 10.5. The van der Waals surface area contributed by atoms with E-state index < -0.39 is 0 Å². The Hall–Kier alpha value is -1.22. The summed E-state index contributed by atoms with van der Waals surface area (Å²) in [7, 11) is 1.67. The standard InChI is InChI=1S/C12H19NO2/c1-3-8-15-9-7-13-11-5-4-6-12(10-11)14-2/h4-6,10,13H,3,7-9H2,1-2H3. The number of ether oxygens (including phenoxy) is 2. The maximum atomic E-state index is 5.37. The Labute approximate surface area is 91.4 Å². The average Bonchev–Trinajstić information content (AvgIpc) is 2.29. The normalized spacial score (nSPS) is 10.0. The largest absolute Gasteiger partial charge is 0.497 e. The van der Waals surface area contributed by atoms with Crippen molar-refractivity contribution < 1.29 is 9.47 Å². The average molecular weight is 209 g/mol. The zero-order valence-electron chi connectivity index (χ0n) is 9.45. The third-order valence-corrected chi connectivity index (χ3v) is 1.99. The summed E-state index contributed by atoms with van der Waals surface area (Å²) in [6.45, 7) is 4.51. The maximum Gasteiger partial charge on any atom is 0.120 e. The molecule has 15 heavy (non-hydrogen) atoms. The van der Waals surface area contributed by atoms with E-state index in [9.17, 15) is 0 Å². The molecule has 0 aliphatic rings. The molecule has 0 saturated carbocycles. The van der Waals surface area contributed by atoms with Crippen LogP contribution in [0.3, 0.4) is 0 Å². The van der Waals surface area contributed by atoms with Crippen molar-refractivity contribution in [3.05, 3.63) is 24.3 Å². The van der Waals surface area contributed by atoms with Crippen LogP contribution in [0.25, 0.3) is 0 Å². The molecule has 0 fully saturated rings. The summed E-state index contributed by atoms with van der Waals surface area (Å²) in [6.07, 6.45) is 1.07. The Morgan fingerprint density at radius 3 is 2.87 bits per heavy atom. The van der Waals surface area contributed by atoms with Crippen molar-refractivity contribution in [1.29, 1.82) is 0 Å². The second-order valence-electron chi connectivity index (χ2n) is 3.27. The highest BCUT2D eigenvalue weighted by atomic mass is 16.5. The van der Waals surface area contributed by atoms with Gasteiger partial charge in [-0.25, -0.2) is 0 Å². The van der Waals surface area contributed by atoms with Gasteiger partial charge >= 0.3 is 0 Å². The van der Waals surface area contributed by atoms with Crippen LogP contribution in [0.1, 0.15) is 13.3 Å². The number of nitrogens with one attached hydrogen (secondary N) is 1. The van der Waals surface area contributed by atoms with Gasteiger partial charge in [0.25, 0.3) is 0 Å². The molecular formula is C12H19NO2. The van der Waals surface area contributed by atoms with Gasteiger partial charge in [-0.1, -0.05) is 13.0 Å². The Morgan fingerprint density at radius 1 is 1.27 bits per heavy atom. The van der Waals surface area contributed by atoms with Crippen LogP contribution in [0, 0.1) is 0 Å². The van der Waals surface area contributed by atoms with E-state index in [1.54, 1.807) is 7.11 Å². The molecular weight excluding hydrogens is 190 g/mol. The Kier molecular flexibility index (Phi) is 5.63. The van der Waals surface area contributed by atoms with Gasteiger partial charge in [-0.2, -0.15) is 0 Å². The first-order valence-electron chi connectivity index (χ1n) is 5.32. The molecule has 1 N–H and O–H groups in total. The van der Waals surface area contributed by atoms with E-state index in [0.717, 1.165) is 37.6 Å². The Morgan fingerprint density at radius 2 is 2.13 bits per heavy atom. The van der Waals surface area contributed by atoms with E-state index in [2.05, 4.69) is 12.2 Å². The number of hydrogen-bond acceptors (Lipinski definition) is 3. The van der Waals surface area contributed by atoms with Crippen molar-refractivity contribution in [3.8, 4) is 5.75 Å². The van der Waals surface area contributed by atoms with Gasteiger partial charge in [0.2, 0.25) is 0 Å². The Bertz CT molecular complexity index is 276. The SMILES string of the molecule is CCCOCCNc1cccc(OC)c1. The fourth-order valence-electron chi connectivity index (χ4n) is 1.25. The predicted octanol–water partition coefficient (Wildman–Crippen LogP) is 2.53. The maximum absolute atomic E-state index is 5.37. The van der Waals surface area contributed by atoms with Gasteiger partial charge in [0.05, 0.1) is 13.7 Å². The van der Waals surface area contributed by atoms with E-state index in [-0.39, 0.29) is 0 Å². The minimum absolute atomic E-state index is 0.741. The molecule has 0 unspecified atom stereocenters. The molecule has 3 heteroatoms. The molecule has 0 radical (unpaired) electrons. The van der Waals surface area contributed by atoms with Crippen LogP contribution in [0.5, 0.6) is 5.75 Å². The van der Waals surface area contributed by atoms with Crippen LogP contribution in [0.4, 0.5) is 5.69 Å². The van der Waals surface area contributed by atoms with E-state index in [1.165, 1.54) is 0 Å². The molecule has 1 rings (SSSR count). The number of methoxy groups -OCH3 is 1. The molecule has 0 spiro atoms. The monoisotopic (exact) mass is 209 g/mol. The van der Waals surface area contributed by atoms with E-state index in [1.807, 2.05) is 24.3 Å². The van der Waals surface area contributed by atoms with Crippen molar-refractivity contribution in [2.24, 2.45) is 0 Å². The van der Waals surface area contributed by atoms with Crippen LogP contribution < -0.4 is 10.1 Å². The first-order chi connectivity index (χ1) is 7.36. The Balaban J connectivity index is 2.24. The fourth-order valence-corrected chi connectivity index (χ4v) is 1.25. The van der Waals surface area contributed by atoms with Crippen molar-refractivity contribution in [3.63, 3.8) is 0 Å². The molecule has 0 bridgehead atoms. The summed E-state index contributed by atoms with van der Waals surface area (Å²) in [5.41, 5.74) is 1.06. The minimum atomic E-state index is 0.741. The van der Waals surface area contributed by atoms with Crippen LogP contribution in [-0.4, -0.2) is 26.9 Å². The van der Waals surface area contributed by atoms with Gasteiger partial charge in [0.15, 0.2) is 0 Å². The van der Waals surface area contributed by atoms with E-state index in [4.69, 9.17) is 9.47 Å². The van der Waals surface area contributed by atoms with Gasteiger partial charge in [-0.15, -0.1) is 0 Å². The van der Waals surface area contributed by atoms with Crippen molar-refractivity contribution in [1.82, 2.24) is 0 Å². The fraction of sp³-hybridized carbons (Fsp3) is 0.500. The quantitative estimate of drug-likeness (QED) is 0.700. The third-order valence-electron chi connectivity index (χ3n) is 1.99. The lowest BCUT2D eigenvalue weighted by atomic mass is 10.3. The number of anilines is 1. The van der Waals surface area contributed by atoms with E-state index in [0.29, 0.717) is 0 Å². The topological polar surface area (TPSA) is 30.5 Å². The van der Waals surface area contributed by atoms with E-state index >= 15 is 0 Å². The molecule has 3 nitrogen and oxygen atoms in total. The first kappa shape index (κ1) is 11.9. The number of benzene rings is 1. The molecule has 0 saturated heterocycles. The van der Waals surface area contributed by atoms with Crippen molar-refractivity contribution >= 4 is 5.69 Å². The highest BCUT2D eigenvalue weighted by Gasteiger charge is 1.94. The molecule has 0 heterocycles. The number of rotatable bonds is 7. The van der Waals surface area contributed by atoms with Crippen LogP contribution >= 0.6 is 0 Å². The minimum Gasteiger partial charge on any atom is -0.497 e. The molecule has 0 aromatic heterocycles. The van der Waals surface area contributed by atoms with Crippen molar-refractivity contribution in [2.75, 3.05) is 32.2 Å². The lowest BCUT2D eigenvalue weighted by molar-refractivity contribution is 0.144. The molecule has 0 amide bonds. The molecule has 1 aromatic rings. The zero-order chi connectivity index (χ0) is 10.9. The highest BCUT2D eigenvalue weighted by Crippen LogP contribution is 2.16. The second-order valence-corrected chi connectivity index (χ2v) is 3.27. The molecule has 0 atom stereocenters. The van der Waals surface area contributed by atoms with Crippen molar-refractivity contribution in [2.45, 2.75) is 13.3 Å². The summed E-state index contributed by atoms with van der Waals surface area (Å²) >= 11 is 0. The number of hydrogen-bond donors (Lipinski definition) is 1. The summed E-state index contributed by atoms with van der Waals surface area (Å²) in [6, 6.07) is 7.88. The van der Waals surface area contributed by atoms with Gasteiger partial charge in [0, 0.05) is 24.9 Å². The second kappa shape index (κ2) is 7.12. The molecule has 0 aliphatic carbocycles. The first-order valence-corrected chi connectivity index (χ1v) is 5.32. The molecule has 84 valence electrons.